The maximum absolute atomic E-state index is 12.2. The first-order valence-corrected chi connectivity index (χ1v) is 24.2. The first kappa shape index (κ1) is 56.7. The predicted molar refractivity (Wildman–Crippen MR) is 252 cm³/mol. The van der Waals surface area contributed by atoms with E-state index in [2.05, 4.69) is 19.7 Å². The lowest BCUT2D eigenvalue weighted by molar-refractivity contribution is -0.139. The van der Waals surface area contributed by atoms with Crippen molar-refractivity contribution in [1.82, 2.24) is 0 Å². The van der Waals surface area contributed by atoms with Crippen LogP contribution in [0.25, 0.3) is 0 Å². The van der Waals surface area contributed by atoms with E-state index in [1.54, 1.807) is 32.9 Å². The van der Waals surface area contributed by atoms with E-state index in [0.29, 0.717) is 73.6 Å². The lowest BCUT2D eigenvalue weighted by atomic mass is 10.1. The number of carboxylic acid groups (broad SMARTS) is 1. The van der Waals surface area contributed by atoms with Crippen LogP contribution < -0.4 is 14.2 Å². The van der Waals surface area contributed by atoms with Crippen LogP contribution in [-0.4, -0.2) is 68.6 Å². The molecule has 0 aromatic heterocycles. The van der Waals surface area contributed by atoms with E-state index in [1.165, 1.54) is 19.3 Å². The van der Waals surface area contributed by atoms with E-state index in [4.69, 9.17) is 28.4 Å². The van der Waals surface area contributed by atoms with Crippen molar-refractivity contribution in [3.63, 3.8) is 0 Å². The normalized spacial score (nSPS) is 10.8. The van der Waals surface area contributed by atoms with Gasteiger partial charge in [-0.2, -0.15) is 0 Å². The second-order valence-electron chi connectivity index (χ2n) is 16.9. The Kier molecular flexibility index (Phi) is 34.4. The molecule has 1 rings (SSSR count). The summed E-state index contributed by atoms with van der Waals surface area (Å²) in [6.07, 6.45) is 28.6. The number of carboxylic acids is 1. The van der Waals surface area contributed by atoms with Gasteiger partial charge in [-0.05, 0) is 71.4 Å². The van der Waals surface area contributed by atoms with Crippen molar-refractivity contribution in [3.8, 4) is 17.2 Å². The average Bonchev–Trinajstić information content (AvgIpc) is 3.25. The van der Waals surface area contributed by atoms with Gasteiger partial charge in [-0.25, -0.2) is 19.2 Å². The first-order chi connectivity index (χ1) is 30.4. The number of aromatic carboxylic acids is 1. The Bertz CT molecular complexity index is 1390. The minimum absolute atomic E-state index is 0.114. The van der Waals surface area contributed by atoms with Gasteiger partial charge >= 0.3 is 23.9 Å². The van der Waals surface area contributed by atoms with Gasteiger partial charge in [0.1, 0.15) is 0 Å². The maximum Gasteiger partial charge on any atom is 0.335 e. The SMILES string of the molecule is C=C(C)C(=O)OCCCCCCCCCCCOc1cc(C(=O)O)cc(OCCCCCCCCCCCOC(=O)C(=C)C)c1OCCCCCCCCCCCOC(=O)C(=C)C. The molecular weight excluding hydrogens is 801 g/mol. The van der Waals surface area contributed by atoms with Crippen molar-refractivity contribution in [2.75, 3.05) is 39.6 Å². The van der Waals surface area contributed by atoms with Crippen LogP contribution in [0.3, 0.4) is 0 Å². The molecule has 0 atom stereocenters. The summed E-state index contributed by atoms with van der Waals surface area (Å²) in [4.78, 5) is 46.6. The molecule has 0 fully saturated rings. The smallest absolute Gasteiger partial charge is 0.335 e. The Hall–Kier alpha value is -4.28. The van der Waals surface area contributed by atoms with Gasteiger partial charge in [-0.1, -0.05) is 155 Å². The Labute approximate surface area is 380 Å². The molecule has 0 bridgehead atoms. The number of hydrogen-bond acceptors (Lipinski definition) is 10. The molecule has 0 aliphatic heterocycles. The van der Waals surface area contributed by atoms with Crippen LogP contribution in [0, 0.1) is 0 Å². The van der Waals surface area contributed by atoms with E-state index < -0.39 is 5.97 Å². The molecule has 1 aromatic rings. The summed E-state index contributed by atoms with van der Waals surface area (Å²) in [7, 11) is 0. The molecule has 0 heterocycles. The summed E-state index contributed by atoms with van der Waals surface area (Å²) in [5.74, 6) is -0.670. The van der Waals surface area contributed by atoms with E-state index in [1.807, 2.05) is 0 Å². The first-order valence-electron chi connectivity index (χ1n) is 24.2. The van der Waals surface area contributed by atoms with Gasteiger partial charge in [-0.15, -0.1) is 0 Å². The zero-order valence-electron chi connectivity index (χ0n) is 39.6. The van der Waals surface area contributed by atoms with Gasteiger partial charge < -0.3 is 33.5 Å². The fourth-order valence-electron chi connectivity index (χ4n) is 6.78. The molecule has 63 heavy (non-hydrogen) atoms. The van der Waals surface area contributed by atoms with E-state index in [0.717, 1.165) is 154 Å². The van der Waals surface area contributed by atoms with Crippen LogP contribution in [-0.2, 0) is 28.6 Å². The summed E-state index contributed by atoms with van der Waals surface area (Å²) >= 11 is 0. The number of benzene rings is 1. The van der Waals surface area contributed by atoms with Gasteiger partial charge in [0.2, 0.25) is 5.75 Å². The van der Waals surface area contributed by atoms with Crippen molar-refractivity contribution >= 4 is 23.9 Å². The van der Waals surface area contributed by atoms with Crippen molar-refractivity contribution in [1.29, 1.82) is 0 Å². The third-order valence-corrected chi connectivity index (χ3v) is 10.6. The van der Waals surface area contributed by atoms with Crippen LogP contribution in [0.4, 0.5) is 0 Å². The van der Waals surface area contributed by atoms with Crippen molar-refractivity contribution in [3.05, 3.63) is 54.2 Å². The number of carbonyl (C=O) groups excluding carboxylic acids is 3. The highest BCUT2D eigenvalue weighted by Crippen LogP contribution is 2.40. The quantitative estimate of drug-likeness (QED) is 0.0290. The highest BCUT2D eigenvalue weighted by atomic mass is 16.5. The monoisotopic (exact) mass is 885 g/mol. The molecule has 1 aromatic carbocycles. The van der Waals surface area contributed by atoms with Crippen LogP contribution >= 0.6 is 0 Å². The van der Waals surface area contributed by atoms with Gasteiger partial charge in [0.15, 0.2) is 11.5 Å². The Morgan fingerprint density at radius 3 is 0.841 bits per heavy atom. The average molecular weight is 885 g/mol. The second kappa shape index (κ2) is 38.2. The summed E-state index contributed by atoms with van der Waals surface area (Å²) in [5.41, 5.74) is 1.42. The predicted octanol–water partition coefficient (Wildman–Crippen LogP) is 13.4. The molecule has 0 radical (unpaired) electrons. The van der Waals surface area contributed by atoms with E-state index >= 15 is 0 Å². The fourth-order valence-corrected chi connectivity index (χ4v) is 6.78. The summed E-state index contributed by atoms with van der Waals surface area (Å²) in [6.45, 7) is 18.6. The lowest BCUT2D eigenvalue weighted by Gasteiger charge is -2.18. The number of unbranched alkanes of at least 4 members (excludes halogenated alkanes) is 24. The summed E-state index contributed by atoms with van der Waals surface area (Å²) < 4.78 is 34.3. The second-order valence-corrected chi connectivity index (χ2v) is 16.9. The molecule has 1 N–H and O–H groups in total. The third kappa shape index (κ3) is 31.3. The van der Waals surface area contributed by atoms with Crippen molar-refractivity contribution in [2.45, 2.75) is 194 Å². The lowest BCUT2D eigenvalue weighted by Crippen LogP contribution is -2.08. The molecule has 0 spiro atoms. The molecule has 11 nitrogen and oxygen atoms in total. The molecule has 0 saturated heterocycles. The highest BCUT2D eigenvalue weighted by molar-refractivity contribution is 5.89. The molecule has 0 amide bonds. The van der Waals surface area contributed by atoms with Crippen molar-refractivity contribution in [2.24, 2.45) is 0 Å². The number of hydrogen-bond donors (Lipinski definition) is 1. The molecule has 0 aliphatic carbocycles. The Morgan fingerprint density at radius 2 is 0.603 bits per heavy atom. The largest absolute Gasteiger partial charge is 0.490 e. The summed E-state index contributed by atoms with van der Waals surface area (Å²) in [5, 5.41) is 9.96. The molecule has 0 unspecified atom stereocenters. The van der Waals surface area contributed by atoms with Crippen molar-refractivity contribution < 1.29 is 52.7 Å². The number of esters is 3. The van der Waals surface area contributed by atoms with Crippen LogP contribution in [0.2, 0.25) is 0 Å². The molecule has 11 heteroatoms. The number of carbonyl (C=O) groups is 4. The van der Waals surface area contributed by atoms with Gasteiger partial charge in [0, 0.05) is 16.7 Å². The maximum atomic E-state index is 12.2. The Morgan fingerprint density at radius 1 is 0.381 bits per heavy atom. The third-order valence-electron chi connectivity index (χ3n) is 10.6. The van der Waals surface area contributed by atoms with Crippen LogP contribution in [0.5, 0.6) is 17.2 Å². The minimum Gasteiger partial charge on any atom is -0.490 e. The molecule has 358 valence electrons. The van der Waals surface area contributed by atoms with E-state index in [-0.39, 0.29) is 23.5 Å². The zero-order chi connectivity index (χ0) is 46.3. The Balaban J connectivity index is 2.55. The highest BCUT2D eigenvalue weighted by Gasteiger charge is 2.19. The van der Waals surface area contributed by atoms with Crippen LogP contribution in [0.1, 0.15) is 204 Å². The topological polar surface area (TPSA) is 144 Å². The van der Waals surface area contributed by atoms with Gasteiger partial charge in [-0.3, -0.25) is 0 Å². The molecular formula is C52H84O11. The molecule has 0 saturated carbocycles. The summed E-state index contributed by atoms with van der Waals surface area (Å²) in [6, 6.07) is 3.12. The number of rotatable bonds is 43. The molecule has 0 aliphatic rings. The minimum atomic E-state index is -1.04. The standard InChI is InChI=1S/C52H84O11/c1-42(2)50(55)61-37-31-25-19-13-7-10-16-22-28-34-58-46-40-45(49(53)54)41-47(59-35-29-23-17-11-8-14-20-26-32-38-62-51(56)43(3)4)48(46)60-36-30-24-18-12-9-15-21-27-33-39-63-52(57)44(5)6/h40-41H,1,3,5,7-39H2,2,4,6H3,(H,53,54). The van der Waals surface area contributed by atoms with Gasteiger partial charge in [0.25, 0.3) is 0 Å². The van der Waals surface area contributed by atoms with Gasteiger partial charge in [0.05, 0.1) is 45.2 Å². The fraction of sp³-hybridized carbons (Fsp3) is 0.692. The number of ether oxygens (including phenoxy) is 6. The van der Waals surface area contributed by atoms with E-state index in [9.17, 15) is 24.3 Å². The zero-order valence-corrected chi connectivity index (χ0v) is 39.6. The van der Waals surface area contributed by atoms with Crippen LogP contribution in [0.15, 0.2) is 48.6 Å².